The summed E-state index contributed by atoms with van der Waals surface area (Å²) in [6.07, 6.45) is 8.70. The van der Waals surface area contributed by atoms with Crippen molar-refractivity contribution >= 4 is 63.2 Å². The number of fused-ring (bicyclic) bond motifs is 1. The first kappa shape index (κ1) is 25.1. The Kier molecular flexibility index (Phi) is 7.64. The van der Waals surface area contributed by atoms with Crippen molar-refractivity contribution < 1.29 is 9.72 Å². The van der Waals surface area contributed by atoms with Gasteiger partial charge >= 0.3 is 0 Å². The predicted molar refractivity (Wildman–Crippen MR) is 149 cm³/mol. The highest BCUT2D eigenvalue weighted by atomic mass is 35.5. The van der Waals surface area contributed by atoms with Gasteiger partial charge in [-0.2, -0.15) is 0 Å². The zero-order valence-corrected chi connectivity index (χ0v) is 21.9. The van der Waals surface area contributed by atoms with E-state index in [0.29, 0.717) is 26.8 Å². The van der Waals surface area contributed by atoms with E-state index in [-0.39, 0.29) is 11.6 Å². The number of rotatable bonds is 7. The number of anilines is 1. The first-order valence-electron chi connectivity index (χ1n) is 11.6. The van der Waals surface area contributed by atoms with Gasteiger partial charge in [-0.1, -0.05) is 23.4 Å². The number of carbonyl (C=O) groups excluding carboxylic acids is 1. The number of nitro benzene ring substituents is 1. The molecule has 0 saturated carbocycles. The third-order valence-electron chi connectivity index (χ3n) is 5.87. The molecule has 5 rings (SSSR count). The second kappa shape index (κ2) is 11.2. The Labute approximate surface area is 226 Å². The van der Waals surface area contributed by atoms with E-state index in [2.05, 4.69) is 10.3 Å². The highest BCUT2D eigenvalue weighted by Gasteiger charge is 2.25. The number of carbonyl (C=O) groups is 1. The quantitative estimate of drug-likeness (QED) is 0.145. The van der Waals surface area contributed by atoms with Gasteiger partial charge in [0.05, 0.1) is 22.4 Å². The molecule has 0 aliphatic heterocycles. The van der Waals surface area contributed by atoms with Gasteiger partial charge in [0.15, 0.2) is 0 Å². The molecule has 0 radical (unpaired) electrons. The van der Waals surface area contributed by atoms with E-state index in [1.807, 2.05) is 12.1 Å². The van der Waals surface area contributed by atoms with E-state index in [4.69, 9.17) is 16.6 Å². The van der Waals surface area contributed by atoms with Crippen LogP contribution in [0.5, 0.6) is 0 Å². The smallest absolute Gasteiger partial charge is 0.270 e. The Morgan fingerprint density at radius 2 is 1.97 bits per heavy atom. The van der Waals surface area contributed by atoms with E-state index < -0.39 is 4.92 Å². The number of amides is 1. The maximum atomic E-state index is 13.3. The standard InChI is InChI=1S/C27H21ClN4O3S2/c28-18-7-10-21(11-8-18)36-23-12-9-20(32(34)35)14-17(23)15-30-27-25(22-5-1-2-6-24(22)37-27)26(33)31-19-4-3-13-29-16-19/h3-4,7-16H,1-2,5-6H2,(H,31,33). The molecule has 0 fully saturated rings. The third kappa shape index (κ3) is 5.90. The second-order valence-corrected chi connectivity index (χ2v) is 11.0. The first-order chi connectivity index (χ1) is 18.0. The summed E-state index contributed by atoms with van der Waals surface area (Å²) in [4.78, 5) is 36.1. The molecule has 2 heterocycles. The molecule has 10 heteroatoms. The SMILES string of the molecule is O=C(Nc1cccnc1)c1c(N=Cc2cc([N+](=O)[O-])ccc2Sc2ccc(Cl)cc2)sc2c1CCCC2. The average molecular weight is 549 g/mol. The van der Waals surface area contributed by atoms with Gasteiger partial charge in [-0.15, -0.1) is 11.3 Å². The number of non-ortho nitro benzene ring substituents is 1. The van der Waals surface area contributed by atoms with Crippen molar-refractivity contribution in [2.75, 3.05) is 5.32 Å². The van der Waals surface area contributed by atoms with Crippen LogP contribution in [0.2, 0.25) is 5.02 Å². The Morgan fingerprint density at radius 1 is 1.16 bits per heavy atom. The molecule has 1 N–H and O–H groups in total. The fraction of sp³-hybridized carbons (Fsp3) is 0.148. The van der Waals surface area contributed by atoms with Crippen molar-refractivity contribution in [2.45, 2.75) is 35.5 Å². The van der Waals surface area contributed by atoms with Crippen LogP contribution in [0.25, 0.3) is 0 Å². The lowest BCUT2D eigenvalue weighted by Crippen LogP contribution is -2.15. The number of benzene rings is 2. The largest absolute Gasteiger partial charge is 0.320 e. The van der Waals surface area contributed by atoms with Crippen LogP contribution in [0.4, 0.5) is 16.4 Å². The van der Waals surface area contributed by atoms with Crippen LogP contribution >= 0.6 is 34.7 Å². The third-order valence-corrected chi connectivity index (χ3v) is 8.42. The topological polar surface area (TPSA) is 97.5 Å². The summed E-state index contributed by atoms with van der Waals surface area (Å²) in [6.45, 7) is 0. The number of nitro groups is 1. The number of pyridine rings is 1. The van der Waals surface area contributed by atoms with Gasteiger partial charge < -0.3 is 5.32 Å². The van der Waals surface area contributed by atoms with Crippen molar-refractivity contribution in [1.29, 1.82) is 0 Å². The Balaban J connectivity index is 1.51. The molecule has 0 atom stereocenters. The van der Waals surface area contributed by atoms with E-state index in [1.54, 1.807) is 48.9 Å². The Hall–Kier alpha value is -3.53. The van der Waals surface area contributed by atoms with Gasteiger partial charge in [-0.3, -0.25) is 19.9 Å². The lowest BCUT2D eigenvalue weighted by molar-refractivity contribution is -0.384. The van der Waals surface area contributed by atoms with Crippen molar-refractivity contribution in [2.24, 2.45) is 4.99 Å². The molecule has 1 aliphatic carbocycles. The molecule has 37 heavy (non-hydrogen) atoms. The van der Waals surface area contributed by atoms with Crippen LogP contribution in [-0.2, 0) is 12.8 Å². The molecule has 1 amide bonds. The van der Waals surface area contributed by atoms with Gasteiger partial charge in [-0.25, -0.2) is 4.99 Å². The molecule has 1 aliphatic rings. The summed E-state index contributed by atoms with van der Waals surface area (Å²) in [5.41, 5.74) is 2.79. The summed E-state index contributed by atoms with van der Waals surface area (Å²) >= 11 is 8.99. The average Bonchev–Trinajstić information content (AvgIpc) is 3.28. The number of aliphatic imine (C=N–C) groups is 1. The second-order valence-electron chi connectivity index (χ2n) is 8.38. The highest BCUT2D eigenvalue weighted by Crippen LogP contribution is 2.41. The monoisotopic (exact) mass is 548 g/mol. The number of nitrogens with one attached hydrogen (secondary N) is 1. The fourth-order valence-corrected chi connectivity index (χ4v) is 6.36. The van der Waals surface area contributed by atoms with Crippen LogP contribution in [0.1, 0.15) is 39.2 Å². The van der Waals surface area contributed by atoms with Crippen molar-refractivity contribution in [3.05, 3.63) is 104 Å². The van der Waals surface area contributed by atoms with E-state index in [0.717, 1.165) is 41.0 Å². The maximum absolute atomic E-state index is 13.3. The van der Waals surface area contributed by atoms with Gasteiger partial charge in [0.2, 0.25) is 0 Å². The molecule has 2 aromatic carbocycles. The van der Waals surface area contributed by atoms with E-state index in [9.17, 15) is 14.9 Å². The molecular formula is C27H21ClN4O3S2. The molecule has 0 spiro atoms. The number of thiophene rings is 1. The molecular weight excluding hydrogens is 528 g/mol. The van der Waals surface area contributed by atoms with E-state index in [1.165, 1.54) is 40.1 Å². The van der Waals surface area contributed by atoms with Crippen LogP contribution in [-0.4, -0.2) is 22.0 Å². The number of nitrogens with zero attached hydrogens (tertiary/aromatic N) is 3. The van der Waals surface area contributed by atoms with Crippen LogP contribution < -0.4 is 5.32 Å². The molecule has 0 bridgehead atoms. The van der Waals surface area contributed by atoms with Crippen molar-refractivity contribution in [3.63, 3.8) is 0 Å². The zero-order valence-electron chi connectivity index (χ0n) is 19.5. The molecule has 0 saturated heterocycles. The fourth-order valence-electron chi connectivity index (χ4n) is 4.11. The molecule has 7 nitrogen and oxygen atoms in total. The number of aromatic nitrogens is 1. The Bertz CT molecular complexity index is 1490. The number of aryl methyl sites for hydroxylation is 1. The van der Waals surface area contributed by atoms with E-state index >= 15 is 0 Å². The van der Waals surface area contributed by atoms with Gasteiger partial charge in [0.1, 0.15) is 5.00 Å². The van der Waals surface area contributed by atoms with Crippen molar-refractivity contribution in [3.8, 4) is 0 Å². The molecule has 186 valence electrons. The molecule has 0 unspecified atom stereocenters. The maximum Gasteiger partial charge on any atom is 0.270 e. The van der Waals surface area contributed by atoms with Gasteiger partial charge in [0.25, 0.3) is 11.6 Å². The lowest BCUT2D eigenvalue weighted by Gasteiger charge is -2.12. The minimum absolute atomic E-state index is 0.0260. The minimum Gasteiger partial charge on any atom is -0.320 e. The Morgan fingerprint density at radius 3 is 2.73 bits per heavy atom. The summed E-state index contributed by atoms with van der Waals surface area (Å²) in [5, 5.41) is 15.6. The highest BCUT2D eigenvalue weighted by molar-refractivity contribution is 7.99. The lowest BCUT2D eigenvalue weighted by atomic mass is 9.95. The first-order valence-corrected chi connectivity index (χ1v) is 13.6. The molecule has 4 aromatic rings. The summed E-state index contributed by atoms with van der Waals surface area (Å²) in [5.74, 6) is -0.227. The minimum atomic E-state index is -0.426. The number of hydrogen-bond donors (Lipinski definition) is 1. The predicted octanol–water partition coefficient (Wildman–Crippen LogP) is 7.74. The summed E-state index contributed by atoms with van der Waals surface area (Å²) in [6, 6.07) is 15.6. The normalized spacial score (nSPS) is 12.9. The van der Waals surface area contributed by atoms with Gasteiger partial charge in [-0.05, 0) is 73.7 Å². The number of halogens is 1. The van der Waals surface area contributed by atoms with Gasteiger partial charge in [0, 0.05) is 49.8 Å². The molecule has 2 aromatic heterocycles. The van der Waals surface area contributed by atoms with Crippen molar-refractivity contribution in [1.82, 2.24) is 4.98 Å². The zero-order chi connectivity index (χ0) is 25.8. The summed E-state index contributed by atoms with van der Waals surface area (Å²) in [7, 11) is 0. The summed E-state index contributed by atoms with van der Waals surface area (Å²) < 4.78 is 0. The van der Waals surface area contributed by atoms with Crippen LogP contribution in [0.3, 0.4) is 0 Å². The van der Waals surface area contributed by atoms with Crippen LogP contribution in [0.15, 0.2) is 81.8 Å². The van der Waals surface area contributed by atoms with Crippen LogP contribution in [0, 0.1) is 10.1 Å². The number of hydrogen-bond acceptors (Lipinski definition) is 7.